The lowest BCUT2D eigenvalue weighted by Gasteiger charge is -2.11. The minimum absolute atomic E-state index is 0.102. The van der Waals surface area contributed by atoms with Crippen LogP contribution in [0.1, 0.15) is 20.7 Å². The van der Waals surface area contributed by atoms with Gasteiger partial charge in [0.2, 0.25) is 0 Å². The number of esters is 1. The largest absolute Gasteiger partial charge is 0.454 e. The fourth-order valence-electron chi connectivity index (χ4n) is 2.53. The minimum atomic E-state index is -4.12. The molecule has 0 aliphatic rings. The summed E-state index contributed by atoms with van der Waals surface area (Å²) in [5.74, 6) is -1.42. The van der Waals surface area contributed by atoms with Crippen molar-refractivity contribution in [2.45, 2.75) is 4.90 Å². The molecule has 32 heavy (non-hydrogen) atoms. The van der Waals surface area contributed by atoms with Crippen LogP contribution in [0.2, 0.25) is 20.1 Å². The Morgan fingerprint density at radius 2 is 1.41 bits per heavy atom. The number of ketones is 1. The van der Waals surface area contributed by atoms with E-state index in [0.29, 0.717) is 5.02 Å². The Morgan fingerprint density at radius 1 is 0.781 bits per heavy atom. The summed E-state index contributed by atoms with van der Waals surface area (Å²) < 4.78 is 32.8. The number of benzene rings is 3. The number of ether oxygens (including phenoxy) is 1. The Hall–Kier alpha value is -2.29. The number of hydrogen-bond donors (Lipinski definition) is 1. The summed E-state index contributed by atoms with van der Waals surface area (Å²) in [4.78, 5) is 24.3. The van der Waals surface area contributed by atoms with Crippen LogP contribution in [0.4, 0.5) is 5.69 Å². The number of carbonyl (C=O) groups excluding carboxylic acids is 2. The zero-order valence-electron chi connectivity index (χ0n) is 15.9. The highest BCUT2D eigenvalue weighted by Crippen LogP contribution is 2.26. The fraction of sp³-hybridized carbons (Fsp3) is 0.0476. The molecular formula is C21H13Cl4NO5S. The molecule has 11 heteroatoms. The summed E-state index contributed by atoms with van der Waals surface area (Å²) in [7, 11) is -4.12. The number of carbonyl (C=O) groups is 2. The highest BCUT2D eigenvalue weighted by molar-refractivity contribution is 7.92. The van der Waals surface area contributed by atoms with Crippen LogP contribution in [0.25, 0.3) is 0 Å². The molecule has 0 bridgehead atoms. The molecule has 0 aliphatic carbocycles. The van der Waals surface area contributed by atoms with Crippen molar-refractivity contribution in [3.8, 4) is 0 Å². The third-order valence-electron chi connectivity index (χ3n) is 4.13. The van der Waals surface area contributed by atoms with Gasteiger partial charge in [0.15, 0.2) is 12.4 Å². The van der Waals surface area contributed by atoms with E-state index < -0.39 is 28.4 Å². The highest BCUT2D eigenvalue weighted by atomic mass is 35.5. The van der Waals surface area contributed by atoms with Crippen LogP contribution in [0.5, 0.6) is 0 Å². The summed E-state index contributed by atoms with van der Waals surface area (Å²) in [6.07, 6.45) is 0. The molecule has 0 saturated carbocycles. The van der Waals surface area contributed by atoms with Gasteiger partial charge in [-0.15, -0.1) is 0 Å². The Kier molecular flexibility index (Phi) is 7.69. The lowest BCUT2D eigenvalue weighted by molar-refractivity contribution is 0.0474. The van der Waals surface area contributed by atoms with Crippen LogP contribution in [0.15, 0.2) is 65.6 Å². The van der Waals surface area contributed by atoms with Crippen LogP contribution in [-0.4, -0.2) is 26.8 Å². The molecule has 0 amide bonds. The molecule has 6 nitrogen and oxygen atoms in total. The number of nitrogens with one attached hydrogen (secondary N) is 1. The quantitative estimate of drug-likeness (QED) is 0.291. The first kappa shape index (κ1) is 24.4. The van der Waals surface area contributed by atoms with Gasteiger partial charge in [0.1, 0.15) is 4.90 Å². The second-order valence-corrected chi connectivity index (χ2v) is 9.69. The molecule has 0 radical (unpaired) electrons. The Morgan fingerprint density at radius 3 is 2.06 bits per heavy atom. The maximum absolute atomic E-state index is 12.7. The predicted octanol–water partition coefficient (Wildman–Crippen LogP) is 6.14. The first-order valence-electron chi connectivity index (χ1n) is 8.80. The van der Waals surface area contributed by atoms with Gasteiger partial charge in [0, 0.05) is 16.3 Å². The topological polar surface area (TPSA) is 89.5 Å². The van der Waals surface area contributed by atoms with Crippen LogP contribution in [0, 0.1) is 0 Å². The predicted molar refractivity (Wildman–Crippen MR) is 125 cm³/mol. The zero-order chi connectivity index (χ0) is 23.5. The number of rotatable bonds is 7. The average Bonchev–Trinajstić information content (AvgIpc) is 2.75. The third-order valence-corrected chi connectivity index (χ3v) is 6.98. The zero-order valence-corrected chi connectivity index (χ0v) is 19.8. The molecule has 0 aromatic heterocycles. The molecule has 0 heterocycles. The molecule has 1 N–H and O–H groups in total. The summed E-state index contributed by atoms with van der Waals surface area (Å²) in [6, 6.07) is 13.8. The van der Waals surface area contributed by atoms with Crippen molar-refractivity contribution in [1.82, 2.24) is 0 Å². The number of Topliss-reactive ketones (excluding diaryl/α,β-unsaturated/α-hetero) is 1. The normalized spacial score (nSPS) is 11.1. The van der Waals surface area contributed by atoms with E-state index in [0.717, 1.165) is 6.07 Å². The maximum atomic E-state index is 12.7. The first-order valence-corrected chi connectivity index (χ1v) is 11.8. The van der Waals surface area contributed by atoms with E-state index in [2.05, 4.69) is 4.72 Å². The molecule has 3 aromatic carbocycles. The van der Waals surface area contributed by atoms with Crippen molar-refractivity contribution in [1.29, 1.82) is 0 Å². The SMILES string of the molecule is O=C(COC(=O)c1ccc(Cl)c(S(=O)(=O)Nc2ccc(Cl)cc2)c1)c1ccc(Cl)c(Cl)c1. The summed E-state index contributed by atoms with van der Waals surface area (Å²) in [6.45, 7) is -0.579. The second-order valence-electron chi connectivity index (χ2n) is 6.39. The molecule has 0 saturated heterocycles. The molecule has 166 valence electrons. The summed E-state index contributed by atoms with van der Waals surface area (Å²) in [5, 5.41) is 0.799. The van der Waals surface area contributed by atoms with E-state index >= 15 is 0 Å². The molecule has 0 atom stereocenters. The van der Waals surface area contributed by atoms with E-state index in [4.69, 9.17) is 51.1 Å². The van der Waals surface area contributed by atoms with E-state index in [-0.39, 0.29) is 36.8 Å². The molecule has 0 spiro atoms. The summed E-state index contributed by atoms with van der Waals surface area (Å²) >= 11 is 23.5. The summed E-state index contributed by atoms with van der Waals surface area (Å²) in [5.41, 5.74) is 0.359. The number of anilines is 1. The van der Waals surface area contributed by atoms with E-state index in [1.165, 1.54) is 54.6 Å². The second kappa shape index (κ2) is 10.1. The molecule has 0 unspecified atom stereocenters. The maximum Gasteiger partial charge on any atom is 0.338 e. The van der Waals surface area contributed by atoms with Gasteiger partial charge in [-0.25, -0.2) is 13.2 Å². The highest BCUT2D eigenvalue weighted by Gasteiger charge is 2.21. The van der Waals surface area contributed by atoms with Crippen LogP contribution in [-0.2, 0) is 14.8 Å². The van der Waals surface area contributed by atoms with Crippen molar-refractivity contribution >= 4 is 73.9 Å². The monoisotopic (exact) mass is 531 g/mol. The molecule has 3 aromatic rings. The van der Waals surface area contributed by atoms with Crippen LogP contribution in [0.3, 0.4) is 0 Å². The minimum Gasteiger partial charge on any atom is -0.454 e. The first-order chi connectivity index (χ1) is 15.1. The van der Waals surface area contributed by atoms with E-state index in [1.54, 1.807) is 0 Å². The van der Waals surface area contributed by atoms with Gasteiger partial charge >= 0.3 is 5.97 Å². The van der Waals surface area contributed by atoms with Gasteiger partial charge < -0.3 is 4.74 Å². The van der Waals surface area contributed by atoms with Gasteiger partial charge in [-0.2, -0.15) is 0 Å². The van der Waals surface area contributed by atoms with Gasteiger partial charge in [-0.05, 0) is 60.7 Å². The van der Waals surface area contributed by atoms with Gasteiger partial charge in [0.05, 0.1) is 20.6 Å². The lowest BCUT2D eigenvalue weighted by atomic mass is 10.1. The van der Waals surface area contributed by atoms with Crippen molar-refractivity contribution in [3.05, 3.63) is 91.9 Å². The van der Waals surface area contributed by atoms with E-state index in [9.17, 15) is 18.0 Å². The standard InChI is InChI=1S/C21H13Cl4NO5S/c22-14-3-5-15(6-4-14)26-32(29,30)20-10-13(2-8-17(20)24)21(28)31-11-19(27)12-1-7-16(23)18(25)9-12/h1-10,26H,11H2. The van der Waals surface area contributed by atoms with Gasteiger partial charge in [0.25, 0.3) is 10.0 Å². The van der Waals surface area contributed by atoms with Crippen molar-refractivity contribution in [2.24, 2.45) is 0 Å². The molecular weight excluding hydrogens is 520 g/mol. The number of hydrogen-bond acceptors (Lipinski definition) is 5. The lowest BCUT2D eigenvalue weighted by Crippen LogP contribution is -2.16. The molecule has 3 rings (SSSR count). The molecule has 0 fully saturated rings. The Labute approximate surface area is 204 Å². The average molecular weight is 533 g/mol. The van der Waals surface area contributed by atoms with Crippen LogP contribution < -0.4 is 4.72 Å². The van der Waals surface area contributed by atoms with Gasteiger partial charge in [-0.1, -0.05) is 46.4 Å². The number of halogens is 4. The van der Waals surface area contributed by atoms with Gasteiger partial charge in [-0.3, -0.25) is 9.52 Å². The smallest absolute Gasteiger partial charge is 0.338 e. The third kappa shape index (κ3) is 5.94. The molecule has 0 aliphatic heterocycles. The number of sulfonamides is 1. The van der Waals surface area contributed by atoms with E-state index in [1.807, 2.05) is 0 Å². The Bertz CT molecular complexity index is 1290. The van der Waals surface area contributed by atoms with Crippen molar-refractivity contribution < 1.29 is 22.7 Å². The Balaban J connectivity index is 1.75. The van der Waals surface area contributed by atoms with Crippen molar-refractivity contribution in [2.75, 3.05) is 11.3 Å². The van der Waals surface area contributed by atoms with Crippen molar-refractivity contribution in [3.63, 3.8) is 0 Å². The van der Waals surface area contributed by atoms with Crippen LogP contribution >= 0.6 is 46.4 Å². The fourth-order valence-corrected chi connectivity index (χ4v) is 4.54.